The van der Waals surface area contributed by atoms with Crippen molar-refractivity contribution < 1.29 is 14.4 Å². The number of aromatic nitrogens is 1. The Balaban J connectivity index is 1.96. The van der Waals surface area contributed by atoms with Gasteiger partial charge in [-0.15, -0.1) is 0 Å². The molecule has 2 aromatic rings. The van der Waals surface area contributed by atoms with Gasteiger partial charge in [-0.05, 0) is 31.9 Å². The van der Waals surface area contributed by atoms with Crippen molar-refractivity contribution in [1.82, 2.24) is 10.5 Å². The number of aliphatic hydroxyl groups excluding tert-OH is 1. The molecule has 1 aromatic heterocycles. The van der Waals surface area contributed by atoms with Crippen LogP contribution in [0, 0.1) is 0 Å². The third-order valence-electron chi connectivity index (χ3n) is 4.13. The van der Waals surface area contributed by atoms with Gasteiger partial charge >= 0.3 is 0 Å². The summed E-state index contributed by atoms with van der Waals surface area (Å²) in [5.74, 6) is -0.0653. The van der Waals surface area contributed by atoms with Crippen LogP contribution in [-0.2, 0) is 0 Å². The molecular formula is C17H19ClN2O3. The second kappa shape index (κ2) is 6.72. The summed E-state index contributed by atoms with van der Waals surface area (Å²) < 4.78 is 5.23. The topological polar surface area (TPSA) is 75.4 Å². The zero-order valence-corrected chi connectivity index (χ0v) is 13.6. The minimum absolute atomic E-state index is 0.178. The van der Waals surface area contributed by atoms with E-state index in [0.717, 1.165) is 31.2 Å². The summed E-state index contributed by atoms with van der Waals surface area (Å²) in [6, 6.07) is 7.19. The lowest BCUT2D eigenvalue weighted by molar-refractivity contribution is 0.0925. The van der Waals surface area contributed by atoms with Crippen LogP contribution in [0.25, 0.3) is 11.3 Å². The highest BCUT2D eigenvalue weighted by Crippen LogP contribution is 2.30. The van der Waals surface area contributed by atoms with Crippen LogP contribution in [0.3, 0.4) is 0 Å². The van der Waals surface area contributed by atoms with Gasteiger partial charge in [0.2, 0.25) is 0 Å². The molecule has 0 aliphatic heterocycles. The molecule has 0 radical (unpaired) electrons. The average Bonchev–Trinajstić information content (AvgIpc) is 3.16. The van der Waals surface area contributed by atoms with Crippen LogP contribution >= 0.6 is 11.6 Å². The summed E-state index contributed by atoms with van der Waals surface area (Å²) >= 11 is 5.91. The number of amides is 1. The van der Waals surface area contributed by atoms with Crippen LogP contribution < -0.4 is 5.32 Å². The van der Waals surface area contributed by atoms with Gasteiger partial charge in [-0.1, -0.05) is 41.7 Å². The van der Waals surface area contributed by atoms with E-state index in [2.05, 4.69) is 10.5 Å². The van der Waals surface area contributed by atoms with Crippen molar-refractivity contribution in [3.05, 3.63) is 40.6 Å². The predicted molar refractivity (Wildman–Crippen MR) is 87.3 cm³/mol. The fraction of sp³-hybridized carbons (Fsp3) is 0.412. The van der Waals surface area contributed by atoms with E-state index in [1.807, 2.05) is 0 Å². The number of nitrogens with zero attached hydrogens (tertiary/aromatic N) is 1. The Morgan fingerprint density at radius 2 is 2.00 bits per heavy atom. The number of hydrogen-bond donors (Lipinski definition) is 2. The van der Waals surface area contributed by atoms with Gasteiger partial charge in [0, 0.05) is 16.6 Å². The zero-order chi connectivity index (χ0) is 16.4. The zero-order valence-electron chi connectivity index (χ0n) is 12.9. The minimum atomic E-state index is -0.909. The number of benzene rings is 1. The lowest BCUT2D eigenvalue weighted by atomic mass is 10.0. The van der Waals surface area contributed by atoms with Crippen molar-refractivity contribution in [3.8, 4) is 11.3 Å². The molecule has 0 spiro atoms. The quantitative estimate of drug-likeness (QED) is 0.893. The lowest BCUT2D eigenvalue weighted by Gasteiger charge is -2.13. The maximum atomic E-state index is 12.7. The van der Waals surface area contributed by atoms with Crippen molar-refractivity contribution in [2.75, 3.05) is 0 Å². The van der Waals surface area contributed by atoms with E-state index in [0.29, 0.717) is 16.3 Å². The summed E-state index contributed by atoms with van der Waals surface area (Å²) in [7, 11) is 0. The molecule has 1 saturated carbocycles. The number of rotatable bonds is 4. The highest BCUT2D eigenvalue weighted by atomic mass is 35.5. The van der Waals surface area contributed by atoms with Crippen LogP contribution in [0.15, 0.2) is 28.8 Å². The Kier molecular flexibility index (Phi) is 4.68. The Morgan fingerprint density at radius 3 is 2.61 bits per heavy atom. The average molecular weight is 335 g/mol. The van der Waals surface area contributed by atoms with E-state index < -0.39 is 6.10 Å². The first-order valence-electron chi connectivity index (χ1n) is 7.80. The molecule has 23 heavy (non-hydrogen) atoms. The summed E-state index contributed by atoms with van der Waals surface area (Å²) in [6.07, 6.45) is 3.31. The summed E-state index contributed by atoms with van der Waals surface area (Å²) in [5.41, 5.74) is 1.45. The van der Waals surface area contributed by atoms with Crippen molar-refractivity contribution >= 4 is 17.5 Å². The summed E-state index contributed by atoms with van der Waals surface area (Å²) in [5, 5.41) is 17.5. The molecule has 0 unspecified atom stereocenters. The summed E-state index contributed by atoms with van der Waals surface area (Å²) in [4.78, 5) is 12.7. The number of aliphatic hydroxyl groups is 1. The van der Waals surface area contributed by atoms with Crippen LogP contribution in [0.4, 0.5) is 0 Å². The van der Waals surface area contributed by atoms with Gasteiger partial charge in [0.1, 0.15) is 17.4 Å². The van der Waals surface area contributed by atoms with Gasteiger partial charge in [0.05, 0.1) is 0 Å². The number of carbonyl (C=O) groups excluding carboxylic acids is 1. The van der Waals surface area contributed by atoms with Crippen LogP contribution in [-0.4, -0.2) is 22.2 Å². The minimum Gasteiger partial charge on any atom is -0.385 e. The Hall–Kier alpha value is -1.85. The third-order valence-corrected chi connectivity index (χ3v) is 4.39. The van der Waals surface area contributed by atoms with Gasteiger partial charge < -0.3 is 14.9 Å². The smallest absolute Gasteiger partial charge is 0.257 e. The van der Waals surface area contributed by atoms with E-state index in [1.165, 1.54) is 0 Å². The lowest BCUT2D eigenvalue weighted by Crippen LogP contribution is -2.33. The molecule has 1 aromatic carbocycles. The molecule has 1 aliphatic carbocycles. The van der Waals surface area contributed by atoms with Gasteiger partial charge in [-0.3, -0.25) is 4.79 Å². The summed E-state index contributed by atoms with van der Waals surface area (Å²) in [6.45, 7) is 1.55. The van der Waals surface area contributed by atoms with Crippen molar-refractivity contribution in [2.24, 2.45) is 0 Å². The molecule has 1 fully saturated rings. The second-order valence-corrected chi connectivity index (χ2v) is 6.34. The first-order valence-corrected chi connectivity index (χ1v) is 8.18. The second-order valence-electron chi connectivity index (χ2n) is 5.91. The van der Waals surface area contributed by atoms with Gasteiger partial charge in [-0.25, -0.2) is 0 Å². The fourth-order valence-corrected chi connectivity index (χ4v) is 3.07. The fourth-order valence-electron chi connectivity index (χ4n) is 2.94. The molecule has 122 valence electrons. The first-order chi connectivity index (χ1) is 11.1. The highest BCUT2D eigenvalue weighted by Gasteiger charge is 2.28. The van der Waals surface area contributed by atoms with Gasteiger partial charge in [0.15, 0.2) is 5.76 Å². The Labute approximate surface area is 139 Å². The SMILES string of the molecule is C[C@H](O)c1onc(-c2ccc(Cl)cc2)c1C(=O)NC1CCCC1. The molecule has 0 saturated heterocycles. The molecule has 0 bridgehead atoms. The molecule has 1 amide bonds. The standard InChI is InChI=1S/C17H19ClN2O3/c1-10(21)16-14(17(22)19-13-4-2-3-5-13)15(20-23-16)11-6-8-12(18)9-7-11/h6-10,13,21H,2-5H2,1H3,(H,19,22)/t10-/m0/s1. The normalized spacial score (nSPS) is 16.5. The number of nitrogens with one attached hydrogen (secondary N) is 1. The molecule has 6 heteroatoms. The highest BCUT2D eigenvalue weighted by molar-refractivity contribution is 6.30. The predicted octanol–water partition coefficient (Wildman–Crippen LogP) is 3.72. The van der Waals surface area contributed by atoms with E-state index in [1.54, 1.807) is 31.2 Å². The maximum absolute atomic E-state index is 12.7. The van der Waals surface area contributed by atoms with Crippen molar-refractivity contribution in [3.63, 3.8) is 0 Å². The van der Waals surface area contributed by atoms with Crippen LogP contribution in [0.1, 0.15) is 54.8 Å². The monoisotopic (exact) mass is 334 g/mol. The number of hydrogen-bond acceptors (Lipinski definition) is 4. The van der Waals surface area contributed by atoms with Crippen LogP contribution in [0.2, 0.25) is 5.02 Å². The molecule has 1 atom stereocenters. The molecule has 5 nitrogen and oxygen atoms in total. The Morgan fingerprint density at radius 1 is 1.35 bits per heavy atom. The largest absolute Gasteiger partial charge is 0.385 e. The molecule has 3 rings (SSSR count). The molecular weight excluding hydrogens is 316 g/mol. The molecule has 1 heterocycles. The van der Waals surface area contributed by atoms with E-state index in [4.69, 9.17) is 16.1 Å². The van der Waals surface area contributed by atoms with E-state index in [-0.39, 0.29) is 17.7 Å². The van der Waals surface area contributed by atoms with Crippen LogP contribution in [0.5, 0.6) is 0 Å². The number of carbonyl (C=O) groups is 1. The van der Waals surface area contributed by atoms with E-state index in [9.17, 15) is 9.90 Å². The van der Waals surface area contributed by atoms with Crippen molar-refractivity contribution in [2.45, 2.75) is 44.8 Å². The van der Waals surface area contributed by atoms with E-state index >= 15 is 0 Å². The molecule has 2 N–H and O–H groups in total. The molecule has 1 aliphatic rings. The third kappa shape index (κ3) is 3.41. The van der Waals surface area contributed by atoms with Gasteiger partial charge in [0.25, 0.3) is 5.91 Å². The maximum Gasteiger partial charge on any atom is 0.257 e. The first kappa shape index (κ1) is 16.0. The Bertz CT molecular complexity index is 688. The van der Waals surface area contributed by atoms with Crippen molar-refractivity contribution in [1.29, 1.82) is 0 Å². The van der Waals surface area contributed by atoms with Gasteiger partial charge in [-0.2, -0.15) is 0 Å². The number of halogens is 1.